The van der Waals surface area contributed by atoms with E-state index >= 15 is 0 Å². The number of rotatable bonds is 3. The quantitative estimate of drug-likeness (QED) is 0.880. The molecular weight excluding hydrogens is 270 g/mol. The van der Waals surface area contributed by atoms with Crippen LogP contribution in [0.15, 0.2) is 24.3 Å². The van der Waals surface area contributed by atoms with Crippen LogP contribution in [0.3, 0.4) is 0 Å². The number of hydrogen-bond acceptors (Lipinski definition) is 3. The molecular formula is C15H21N3O3. The van der Waals surface area contributed by atoms with E-state index in [1.807, 2.05) is 4.90 Å². The maximum atomic E-state index is 12.3. The van der Waals surface area contributed by atoms with Gasteiger partial charge in [-0.15, -0.1) is 0 Å². The maximum Gasteiger partial charge on any atom is 0.335 e. The molecule has 0 atom stereocenters. The number of aromatic carboxylic acids is 1. The van der Waals surface area contributed by atoms with Crippen molar-refractivity contribution in [2.75, 3.05) is 20.1 Å². The first-order chi connectivity index (χ1) is 9.97. The summed E-state index contributed by atoms with van der Waals surface area (Å²) in [4.78, 5) is 26.6. The van der Waals surface area contributed by atoms with Gasteiger partial charge in [-0.1, -0.05) is 12.1 Å². The van der Waals surface area contributed by atoms with Gasteiger partial charge in [0, 0.05) is 32.7 Å². The number of nitrogens with two attached hydrogens (primary N) is 1. The molecule has 1 heterocycles. The minimum atomic E-state index is -0.948. The Hall–Kier alpha value is -2.08. The van der Waals surface area contributed by atoms with Crippen LogP contribution < -0.4 is 5.73 Å². The minimum absolute atomic E-state index is 0.00999. The lowest BCUT2D eigenvalue weighted by Crippen LogP contribution is -2.47. The minimum Gasteiger partial charge on any atom is -0.478 e. The fourth-order valence-corrected chi connectivity index (χ4v) is 2.43. The van der Waals surface area contributed by atoms with E-state index in [0.717, 1.165) is 18.4 Å². The molecule has 0 aliphatic carbocycles. The largest absolute Gasteiger partial charge is 0.478 e. The SMILES string of the molecule is CN(Cc1ccc(C(=O)O)cc1)C(=O)N1CCC(N)CC1. The molecule has 1 saturated heterocycles. The summed E-state index contributed by atoms with van der Waals surface area (Å²) in [5.41, 5.74) is 6.99. The van der Waals surface area contributed by atoms with E-state index in [2.05, 4.69) is 0 Å². The van der Waals surface area contributed by atoms with Gasteiger partial charge >= 0.3 is 12.0 Å². The molecule has 21 heavy (non-hydrogen) atoms. The summed E-state index contributed by atoms with van der Waals surface area (Å²) < 4.78 is 0. The summed E-state index contributed by atoms with van der Waals surface area (Å²) in [6.07, 6.45) is 1.68. The van der Waals surface area contributed by atoms with Gasteiger partial charge in [-0.05, 0) is 30.5 Å². The molecule has 0 spiro atoms. The highest BCUT2D eigenvalue weighted by molar-refractivity contribution is 5.87. The van der Waals surface area contributed by atoms with Gasteiger partial charge in [0.2, 0.25) is 0 Å². The van der Waals surface area contributed by atoms with Crippen molar-refractivity contribution in [3.63, 3.8) is 0 Å². The predicted molar refractivity (Wildman–Crippen MR) is 79.0 cm³/mol. The Bertz CT molecular complexity index is 507. The van der Waals surface area contributed by atoms with Gasteiger partial charge in [0.15, 0.2) is 0 Å². The number of likely N-dealkylation sites (tertiary alicyclic amines) is 1. The maximum absolute atomic E-state index is 12.3. The number of carbonyl (C=O) groups is 2. The summed E-state index contributed by atoms with van der Waals surface area (Å²) in [6, 6.07) is 6.76. The van der Waals surface area contributed by atoms with Gasteiger partial charge in [-0.3, -0.25) is 0 Å². The highest BCUT2D eigenvalue weighted by Gasteiger charge is 2.23. The third-order valence-corrected chi connectivity index (χ3v) is 3.76. The van der Waals surface area contributed by atoms with Gasteiger partial charge in [-0.2, -0.15) is 0 Å². The van der Waals surface area contributed by atoms with Crippen molar-refractivity contribution in [2.45, 2.75) is 25.4 Å². The number of hydrogen-bond donors (Lipinski definition) is 2. The molecule has 1 fully saturated rings. The molecule has 0 saturated carbocycles. The zero-order valence-corrected chi connectivity index (χ0v) is 12.2. The Labute approximate surface area is 124 Å². The molecule has 3 N–H and O–H groups in total. The standard InChI is InChI=1S/C15H21N3O3/c1-17(15(21)18-8-6-13(16)7-9-18)10-11-2-4-12(5-3-11)14(19)20/h2-5,13H,6-10,16H2,1H3,(H,19,20). The number of carbonyl (C=O) groups excluding carboxylic acids is 1. The molecule has 114 valence electrons. The number of nitrogens with zero attached hydrogens (tertiary/aromatic N) is 2. The molecule has 0 aromatic heterocycles. The average Bonchev–Trinajstić information content (AvgIpc) is 2.47. The van der Waals surface area contributed by atoms with Gasteiger partial charge in [0.25, 0.3) is 0 Å². The van der Waals surface area contributed by atoms with E-state index < -0.39 is 5.97 Å². The molecule has 2 rings (SSSR count). The first kappa shape index (κ1) is 15.3. The van der Waals surface area contributed by atoms with Crippen molar-refractivity contribution < 1.29 is 14.7 Å². The predicted octanol–water partition coefficient (Wildman–Crippen LogP) is 1.36. The average molecular weight is 291 g/mol. The molecule has 1 aliphatic heterocycles. The molecule has 1 aromatic carbocycles. The number of carboxylic acids is 1. The van der Waals surface area contributed by atoms with E-state index in [1.165, 1.54) is 0 Å². The van der Waals surface area contributed by atoms with E-state index in [-0.39, 0.29) is 17.6 Å². The number of amides is 2. The lowest BCUT2D eigenvalue weighted by Gasteiger charge is -2.33. The highest BCUT2D eigenvalue weighted by Crippen LogP contribution is 2.12. The van der Waals surface area contributed by atoms with E-state index in [1.54, 1.807) is 36.2 Å². The monoisotopic (exact) mass is 291 g/mol. The van der Waals surface area contributed by atoms with Crippen LogP contribution in [0.25, 0.3) is 0 Å². The molecule has 1 aromatic rings. The lowest BCUT2D eigenvalue weighted by molar-refractivity contribution is 0.0696. The van der Waals surface area contributed by atoms with Gasteiger partial charge in [0.1, 0.15) is 0 Å². The number of piperidine rings is 1. The fourth-order valence-electron chi connectivity index (χ4n) is 2.43. The number of urea groups is 1. The summed E-state index contributed by atoms with van der Waals surface area (Å²) in [5, 5.41) is 8.86. The lowest BCUT2D eigenvalue weighted by atomic mass is 10.1. The molecule has 0 unspecified atom stereocenters. The fraction of sp³-hybridized carbons (Fsp3) is 0.467. The summed E-state index contributed by atoms with van der Waals surface area (Å²) in [7, 11) is 1.75. The third-order valence-electron chi connectivity index (χ3n) is 3.76. The topological polar surface area (TPSA) is 86.9 Å². The Morgan fingerprint density at radius 2 is 1.86 bits per heavy atom. The first-order valence-electron chi connectivity index (χ1n) is 7.05. The smallest absolute Gasteiger partial charge is 0.335 e. The van der Waals surface area contributed by atoms with E-state index in [9.17, 15) is 9.59 Å². The number of carboxylic acid groups (broad SMARTS) is 1. The Morgan fingerprint density at radius 3 is 2.38 bits per heavy atom. The van der Waals surface area contributed by atoms with Crippen LogP contribution in [0, 0.1) is 0 Å². The second-order valence-corrected chi connectivity index (χ2v) is 5.47. The van der Waals surface area contributed by atoms with Gasteiger partial charge < -0.3 is 20.6 Å². The second kappa shape index (κ2) is 6.58. The van der Waals surface area contributed by atoms with Crippen LogP contribution in [0.5, 0.6) is 0 Å². The molecule has 1 aliphatic rings. The molecule has 0 bridgehead atoms. The van der Waals surface area contributed by atoms with E-state index in [0.29, 0.717) is 19.6 Å². The van der Waals surface area contributed by atoms with Gasteiger partial charge in [0.05, 0.1) is 5.56 Å². The van der Waals surface area contributed by atoms with Crippen molar-refractivity contribution in [1.29, 1.82) is 0 Å². The molecule has 0 radical (unpaired) electrons. The summed E-state index contributed by atoms with van der Waals surface area (Å²) >= 11 is 0. The van der Waals surface area contributed by atoms with Crippen molar-refractivity contribution in [3.05, 3.63) is 35.4 Å². The second-order valence-electron chi connectivity index (χ2n) is 5.47. The van der Waals surface area contributed by atoms with Gasteiger partial charge in [-0.25, -0.2) is 9.59 Å². The van der Waals surface area contributed by atoms with Crippen LogP contribution in [-0.2, 0) is 6.54 Å². The third kappa shape index (κ3) is 3.95. The van der Waals surface area contributed by atoms with E-state index in [4.69, 9.17) is 10.8 Å². The Morgan fingerprint density at radius 1 is 1.29 bits per heavy atom. The van der Waals surface area contributed by atoms with Crippen molar-refractivity contribution in [3.8, 4) is 0 Å². The highest BCUT2D eigenvalue weighted by atomic mass is 16.4. The van der Waals surface area contributed by atoms with Crippen LogP contribution >= 0.6 is 0 Å². The van der Waals surface area contributed by atoms with Crippen molar-refractivity contribution >= 4 is 12.0 Å². The summed E-state index contributed by atoms with van der Waals surface area (Å²) in [5.74, 6) is -0.948. The van der Waals surface area contributed by atoms with Crippen LogP contribution in [-0.4, -0.2) is 53.1 Å². The molecule has 6 heteroatoms. The zero-order valence-electron chi connectivity index (χ0n) is 12.2. The van der Waals surface area contributed by atoms with Crippen LogP contribution in [0.4, 0.5) is 4.79 Å². The Kier molecular flexibility index (Phi) is 4.80. The molecule has 6 nitrogen and oxygen atoms in total. The normalized spacial score (nSPS) is 15.8. The Balaban J connectivity index is 1.92. The number of benzene rings is 1. The van der Waals surface area contributed by atoms with Crippen molar-refractivity contribution in [2.24, 2.45) is 5.73 Å². The van der Waals surface area contributed by atoms with Crippen LogP contribution in [0.1, 0.15) is 28.8 Å². The molecule has 2 amide bonds. The zero-order chi connectivity index (χ0) is 15.4. The van der Waals surface area contributed by atoms with Crippen LogP contribution in [0.2, 0.25) is 0 Å². The summed E-state index contributed by atoms with van der Waals surface area (Å²) in [6.45, 7) is 1.85. The first-order valence-corrected chi connectivity index (χ1v) is 7.05. The van der Waals surface area contributed by atoms with Crippen molar-refractivity contribution in [1.82, 2.24) is 9.80 Å².